The lowest BCUT2D eigenvalue weighted by atomic mass is 10.0. The van der Waals surface area contributed by atoms with E-state index in [1.165, 1.54) is 5.56 Å². The first-order valence-electron chi connectivity index (χ1n) is 6.21. The monoisotopic (exact) mass is 231 g/mol. The molecule has 2 aliphatic heterocycles. The average Bonchev–Trinajstić information content (AvgIpc) is 2.92. The normalized spacial score (nSPS) is 30.1. The van der Waals surface area contributed by atoms with E-state index in [0.717, 1.165) is 13.1 Å². The van der Waals surface area contributed by atoms with E-state index in [4.69, 9.17) is 4.74 Å². The van der Waals surface area contributed by atoms with E-state index in [9.17, 15) is 4.79 Å². The molecule has 2 heterocycles. The molecule has 2 saturated heterocycles. The quantitative estimate of drug-likeness (QED) is 0.727. The lowest BCUT2D eigenvalue weighted by Crippen LogP contribution is -2.27. The van der Waals surface area contributed by atoms with Crippen LogP contribution in [0.15, 0.2) is 30.3 Å². The number of esters is 1. The van der Waals surface area contributed by atoms with Gasteiger partial charge >= 0.3 is 5.97 Å². The van der Waals surface area contributed by atoms with Gasteiger partial charge in [-0.05, 0) is 12.5 Å². The molecule has 0 amide bonds. The Bertz CT molecular complexity index is 417. The minimum Gasteiger partial charge on any atom is -0.465 e. The van der Waals surface area contributed by atoms with Gasteiger partial charge in [0.05, 0.1) is 12.5 Å². The van der Waals surface area contributed by atoms with E-state index < -0.39 is 0 Å². The van der Waals surface area contributed by atoms with E-state index in [-0.39, 0.29) is 11.9 Å². The van der Waals surface area contributed by atoms with Crippen LogP contribution in [-0.2, 0) is 9.53 Å². The van der Waals surface area contributed by atoms with Crippen LogP contribution in [-0.4, -0.2) is 30.6 Å². The molecule has 3 nitrogen and oxygen atoms in total. The van der Waals surface area contributed by atoms with Crippen molar-refractivity contribution in [1.29, 1.82) is 0 Å². The summed E-state index contributed by atoms with van der Waals surface area (Å²) < 4.78 is 5.09. The molecule has 2 fully saturated rings. The SMILES string of the molecule is C[C@@H](c1ccccc1)N1C[C@@H]2COC(=O)[C@@H]2C1. The first-order valence-corrected chi connectivity index (χ1v) is 6.21. The molecule has 1 aromatic carbocycles. The number of rotatable bonds is 2. The van der Waals surface area contributed by atoms with Crippen molar-refractivity contribution in [2.45, 2.75) is 13.0 Å². The van der Waals surface area contributed by atoms with E-state index in [0.29, 0.717) is 18.6 Å². The molecular weight excluding hydrogens is 214 g/mol. The zero-order valence-corrected chi connectivity index (χ0v) is 10.0. The van der Waals surface area contributed by atoms with Crippen molar-refractivity contribution >= 4 is 5.97 Å². The number of cyclic esters (lactones) is 1. The third-order valence-electron chi connectivity index (χ3n) is 4.04. The zero-order valence-electron chi connectivity index (χ0n) is 10.0. The summed E-state index contributed by atoms with van der Waals surface area (Å²) in [7, 11) is 0. The summed E-state index contributed by atoms with van der Waals surface area (Å²) in [5, 5.41) is 0. The molecule has 0 saturated carbocycles. The summed E-state index contributed by atoms with van der Waals surface area (Å²) in [5.41, 5.74) is 1.32. The number of nitrogens with zero attached hydrogens (tertiary/aromatic N) is 1. The van der Waals surface area contributed by atoms with Gasteiger partial charge in [0.2, 0.25) is 0 Å². The Kier molecular flexibility index (Phi) is 2.63. The van der Waals surface area contributed by atoms with E-state index in [1.54, 1.807) is 0 Å². The predicted octanol–water partition coefficient (Wildman–Crippen LogP) is 1.85. The number of fused-ring (bicyclic) bond motifs is 1. The molecule has 0 N–H and O–H groups in total. The van der Waals surface area contributed by atoms with Crippen LogP contribution < -0.4 is 0 Å². The van der Waals surface area contributed by atoms with Crippen molar-refractivity contribution in [2.24, 2.45) is 11.8 Å². The third kappa shape index (κ3) is 1.84. The molecule has 3 heteroatoms. The van der Waals surface area contributed by atoms with Gasteiger partial charge in [-0.3, -0.25) is 9.69 Å². The van der Waals surface area contributed by atoms with Gasteiger partial charge in [0.1, 0.15) is 0 Å². The second-order valence-electron chi connectivity index (χ2n) is 5.04. The number of hydrogen-bond donors (Lipinski definition) is 0. The Morgan fingerprint density at radius 2 is 2.06 bits per heavy atom. The Hall–Kier alpha value is -1.35. The zero-order chi connectivity index (χ0) is 11.8. The molecule has 3 rings (SSSR count). The highest BCUT2D eigenvalue weighted by atomic mass is 16.5. The maximum atomic E-state index is 11.5. The maximum Gasteiger partial charge on any atom is 0.310 e. The van der Waals surface area contributed by atoms with Gasteiger partial charge in [-0.15, -0.1) is 0 Å². The van der Waals surface area contributed by atoms with Crippen molar-refractivity contribution in [3.63, 3.8) is 0 Å². The molecule has 17 heavy (non-hydrogen) atoms. The predicted molar refractivity (Wildman–Crippen MR) is 64.4 cm³/mol. The van der Waals surface area contributed by atoms with Gasteiger partial charge in [-0.25, -0.2) is 0 Å². The van der Waals surface area contributed by atoms with Gasteiger partial charge in [-0.1, -0.05) is 30.3 Å². The van der Waals surface area contributed by atoms with Crippen LogP contribution in [0.2, 0.25) is 0 Å². The highest BCUT2D eigenvalue weighted by molar-refractivity contribution is 5.75. The van der Waals surface area contributed by atoms with Crippen LogP contribution in [0.5, 0.6) is 0 Å². The lowest BCUT2D eigenvalue weighted by Gasteiger charge is -2.25. The van der Waals surface area contributed by atoms with Gasteiger partial charge in [0.15, 0.2) is 0 Å². The number of carbonyl (C=O) groups excluding carboxylic acids is 1. The fourth-order valence-corrected chi connectivity index (χ4v) is 2.90. The van der Waals surface area contributed by atoms with Crippen LogP contribution in [0.3, 0.4) is 0 Å². The Morgan fingerprint density at radius 3 is 2.76 bits per heavy atom. The molecule has 0 unspecified atom stereocenters. The number of ether oxygens (including phenoxy) is 1. The molecule has 3 atom stereocenters. The average molecular weight is 231 g/mol. The van der Waals surface area contributed by atoms with E-state index in [2.05, 4.69) is 36.1 Å². The van der Waals surface area contributed by atoms with Crippen LogP contribution in [0.1, 0.15) is 18.5 Å². The number of benzene rings is 1. The minimum atomic E-state index is -0.00207. The number of likely N-dealkylation sites (tertiary alicyclic amines) is 1. The van der Waals surface area contributed by atoms with Crippen molar-refractivity contribution in [3.05, 3.63) is 35.9 Å². The van der Waals surface area contributed by atoms with Crippen molar-refractivity contribution in [2.75, 3.05) is 19.7 Å². The van der Waals surface area contributed by atoms with E-state index in [1.807, 2.05) is 6.07 Å². The highest BCUT2D eigenvalue weighted by Gasteiger charge is 2.45. The van der Waals surface area contributed by atoms with Gasteiger partial charge in [0, 0.05) is 25.0 Å². The highest BCUT2D eigenvalue weighted by Crippen LogP contribution is 2.35. The largest absolute Gasteiger partial charge is 0.465 e. The van der Waals surface area contributed by atoms with Crippen LogP contribution in [0, 0.1) is 11.8 Å². The van der Waals surface area contributed by atoms with Crippen LogP contribution >= 0.6 is 0 Å². The summed E-state index contributed by atoms with van der Waals surface area (Å²) in [6.45, 7) is 4.65. The van der Waals surface area contributed by atoms with E-state index >= 15 is 0 Å². The van der Waals surface area contributed by atoms with Crippen molar-refractivity contribution in [3.8, 4) is 0 Å². The summed E-state index contributed by atoms with van der Waals surface area (Å²) in [5.74, 6) is 0.521. The molecule has 0 radical (unpaired) electrons. The van der Waals surface area contributed by atoms with Crippen LogP contribution in [0.25, 0.3) is 0 Å². The molecule has 0 aliphatic carbocycles. The van der Waals surface area contributed by atoms with Gasteiger partial charge in [0.25, 0.3) is 0 Å². The Morgan fingerprint density at radius 1 is 1.29 bits per heavy atom. The molecule has 0 aromatic heterocycles. The summed E-state index contributed by atoms with van der Waals surface area (Å²) in [6, 6.07) is 10.9. The van der Waals surface area contributed by atoms with Crippen molar-refractivity contribution < 1.29 is 9.53 Å². The maximum absolute atomic E-state index is 11.5. The fraction of sp³-hybridized carbons (Fsp3) is 0.500. The summed E-state index contributed by atoms with van der Waals surface area (Å²) >= 11 is 0. The Balaban J connectivity index is 1.73. The molecule has 0 bridgehead atoms. The second kappa shape index (κ2) is 4.15. The third-order valence-corrected chi connectivity index (χ3v) is 4.04. The fourth-order valence-electron chi connectivity index (χ4n) is 2.90. The smallest absolute Gasteiger partial charge is 0.310 e. The summed E-state index contributed by atoms with van der Waals surface area (Å²) in [4.78, 5) is 13.9. The Labute approximate surface area is 101 Å². The standard InChI is InChI=1S/C14H17NO2/c1-10(11-5-3-2-4-6-11)15-7-12-9-17-14(16)13(12)8-15/h2-6,10,12-13H,7-9H2,1H3/t10-,12+,13+/m0/s1. The number of carbonyl (C=O) groups is 1. The molecule has 2 aliphatic rings. The first-order chi connectivity index (χ1) is 8.25. The van der Waals surface area contributed by atoms with Crippen LogP contribution in [0.4, 0.5) is 0 Å². The van der Waals surface area contributed by atoms with Gasteiger partial charge < -0.3 is 4.74 Å². The minimum absolute atomic E-state index is 0.00207. The topological polar surface area (TPSA) is 29.5 Å². The second-order valence-corrected chi connectivity index (χ2v) is 5.04. The van der Waals surface area contributed by atoms with Gasteiger partial charge in [-0.2, -0.15) is 0 Å². The van der Waals surface area contributed by atoms with Crippen molar-refractivity contribution in [1.82, 2.24) is 4.90 Å². The number of hydrogen-bond acceptors (Lipinski definition) is 3. The first kappa shape index (κ1) is 10.8. The molecule has 0 spiro atoms. The molecule has 1 aromatic rings. The molecule has 90 valence electrons. The lowest BCUT2D eigenvalue weighted by molar-refractivity contribution is -0.141. The molecular formula is C14H17NO2. The summed E-state index contributed by atoms with van der Waals surface area (Å²) in [6.07, 6.45) is 0.